The van der Waals surface area contributed by atoms with Gasteiger partial charge in [-0.1, -0.05) is 60.7 Å². The zero-order valence-corrected chi connectivity index (χ0v) is 24.7. The molecule has 0 fully saturated rings. The fraction of sp³-hybridized carbons (Fsp3) is 0.167. The Morgan fingerprint density at radius 3 is 2.34 bits per heavy atom. The molecule has 0 saturated heterocycles. The number of aromatic nitrogens is 2. The molecule has 0 spiro atoms. The number of hydrogen-bond acceptors (Lipinski definition) is 6. The van der Waals surface area contributed by atoms with Crippen molar-refractivity contribution in [1.82, 2.24) is 9.55 Å². The summed E-state index contributed by atoms with van der Waals surface area (Å²) in [6, 6.07) is 29.7. The topological polar surface area (TPSA) is 103 Å². The molecule has 6 aromatic rings. The second-order valence-electron chi connectivity index (χ2n) is 10.5. The molecule has 0 aliphatic carbocycles. The molecule has 1 atom stereocenters. The Morgan fingerprint density at radius 2 is 1.59 bits per heavy atom. The Hall–Kier alpha value is -5.50. The van der Waals surface area contributed by atoms with Crippen molar-refractivity contribution in [3.63, 3.8) is 0 Å². The van der Waals surface area contributed by atoms with E-state index in [1.165, 1.54) is 7.11 Å². The Kier molecular flexibility index (Phi) is 7.81. The van der Waals surface area contributed by atoms with E-state index in [1.54, 1.807) is 36.9 Å². The average Bonchev–Trinajstić information content (AvgIpc) is 3.43. The summed E-state index contributed by atoms with van der Waals surface area (Å²) in [5.74, 6) is -0.281. The lowest BCUT2D eigenvalue weighted by Crippen LogP contribution is -2.25. The van der Waals surface area contributed by atoms with Crippen molar-refractivity contribution in [3.05, 3.63) is 135 Å². The van der Waals surface area contributed by atoms with Gasteiger partial charge in [-0.2, -0.15) is 0 Å². The van der Waals surface area contributed by atoms with E-state index in [9.17, 15) is 14.7 Å². The highest BCUT2D eigenvalue weighted by Gasteiger charge is 2.30. The zero-order chi connectivity index (χ0) is 30.8. The van der Waals surface area contributed by atoms with Crippen molar-refractivity contribution >= 4 is 27.8 Å². The van der Waals surface area contributed by atoms with Crippen LogP contribution in [0.5, 0.6) is 17.2 Å². The highest BCUT2D eigenvalue weighted by molar-refractivity contribution is 5.93. The fourth-order valence-corrected chi connectivity index (χ4v) is 5.91. The molecule has 8 heteroatoms. The van der Waals surface area contributed by atoms with E-state index in [4.69, 9.17) is 14.2 Å². The van der Waals surface area contributed by atoms with Crippen LogP contribution in [-0.2, 0) is 18.2 Å². The molecule has 0 aliphatic rings. The smallest absolute Gasteiger partial charge is 0.341 e. The second-order valence-corrected chi connectivity index (χ2v) is 10.5. The lowest BCUT2D eigenvalue weighted by molar-refractivity contribution is 0.0505. The molecule has 222 valence electrons. The molecule has 2 aromatic heterocycles. The number of carbonyl (C=O) groups is 1. The molecule has 2 N–H and O–H groups in total. The van der Waals surface area contributed by atoms with E-state index in [0.717, 1.165) is 27.7 Å². The summed E-state index contributed by atoms with van der Waals surface area (Å²) in [7, 11) is 4.75. The number of esters is 1. The van der Waals surface area contributed by atoms with Crippen molar-refractivity contribution in [2.24, 2.45) is 7.05 Å². The number of rotatable bonds is 9. The van der Waals surface area contributed by atoms with E-state index >= 15 is 0 Å². The molecule has 6 rings (SSSR count). The van der Waals surface area contributed by atoms with Crippen LogP contribution >= 0.6 is 0 Å². The van der Waals surface area contributed by atoms with Crippen molar-refractivity contribution in [3.8, 4) is 17.2 Å². The van der Waals surface area contributed by atoms with Gasteiger partial charge in [-0.05, 0) is 41.5 Å². The monoisotopic (exact) mass is 588 g/mol. The van der Waals surface area contributed by atoms with Gasteiger partial charge in [0.25, 0.3) is 5.56 Å². The second kappa shape index (κ2) is 12.0. The predicted molar refractivity (Wildman–Crippen MR) is 170 cm³/mol. The number of benzene rings is 4. The molecule has 0 saturated carbocycles. The summed E-state index contributed by atoms with van der Waals surface area (Å²) in [6.45, 7) is 0.0755. The summed E-state index contributed by atoms with van der Waals surface area (Å²) >= 11 is 0. The largest absolute Gasteiger partial charge is 0.507 e. The first-order valence-corrected chi connectivity index (χ1v) is 14.3. The van der Waals surface area contributed by atoms with Gasteiger partial charge in [0.1, 0.15) is 22.8 Å². The molecular formula is C36H32N2O6. The van der Waals surface area contributed by atoms with E-state index in [2.05, 4.69) is 4.98 Å². The Morgan fingerprint density at radius 1 is 0.886 bits per heavy atom. The van der Waals surface area contributed by atoms with E-state index in [-0.39, 0.29) is 23.5 Å². The number of aromatic amines is 1. The molecular weight excluding hydrogens is 556 g/mol. The highest BCUT2D eigenvalue weighted by atomic mass is 16.5. The number of ether oxygens (including phenoxy) is 3. The van der Waals surface area contributed by atoms with Gasteiger partial charge in [0.15, 0.2) is 0 Å². The van der Waals surface area contributed by atoms with Crippen LogP contribution in [0.2, 0.25) is 0 Å². The maximum absolute atomic E-state index is 14.0. The number of fused-ring (bicyclic) bond motifs is 2. The summed E-state index contributed by atoms with van der Waals surface area (Å²) in [5, 5.41) is 13.2. The quantitative estimate of drug-likeness (QED) is 0.192. The van der Waals surface area contributed by atoms with E-state index < -0.39 is 11.9 Å². The van der Waals surface area contributed by atoms with Gasteiger partial charge in [-0.3, -0.25) is 4.79 Å². The van der Waals surface area contributed by atoms with Crippen LogP contribution in [0, 0.1) is 0 Å². The minimum Gasteiger partial charge on any atom is -0.507 e. The first kappa shape index (κ1) is 28.6. The fourth-order valence-electron chi connectivity index (χ4n) is 5.91. The van der Waals surface area contributed by atoms with Gasteiger partial charge in [-0.15, -0.1) is 0 Å². The van der Waals surface area contributed by atoms with Gasteiger partial charge < -0.3 is 28.9 Å². The standard InChI is InChI=1S/C36H32N2O6/c1-38-29-16-10-8-14-26(29)34(39)32(35(38)40)31(22-11-5-4-6-12-22)33-25(24-13-7-9-15-28(24)37-33)19-20-44-36(41)27-18-17-23(42-2)21-30(27)43-3/h4-18,21,31,37,39H,19-20H2,1-3H3. The third-order valence-corrected chi connectivity index (χ3v) is 8.08. The SMILES string of the molecule is COc1ccc(C(=O)OCCc2c(C(c3ccccc3)c3c(O)c4ccccc4n(C)c3=O)[nH]c3ccccc23)c(OC)c1. The van der Waals surface area contributed by atoms with Crippen molar-refractivity contribution in [1.29, 1.82) is 0 Å². The van der Waals surface area contributed by atoms with Gasteiger partial charge in [0.2, 0.25) is 0 Å². The minimum atomic E-state index is -0.626. The van der Waals surface area contributed by atoms with Crippen molar-refractivity contribution < 1.29 is 24.1 Å². The Bertz CT molecular complexity index is 2040. The summed E-state index contributed by atoms with van der Waals surface area (Å²) in [4.78, 5) is 30.6. The van der Waals surface area contributed by atoms with Crippen LogP contribution in [0.15, 0.2) is 102 Å². The van der Waals surface area contributed by atoms with Crippen molar-refractivity contribution in [2.45, 2.75) is 12.3 Å². The lowest BCUT2D eigenvalue weighted by Gasteiger charge is -2.22. The molecule has 4 aromatic carbocycles. The number of nitrogens with zero attached hydrogens (tertiary/aromatic N) is 1. The third-order valence-electron chi connectivity index (χ3n) is 8.08. The summed E-state index contributed by atoms with van der Waals surface area (Å²) in [5.41, 5.74) is 4.25. The number of aromatic hydroxyl groups is 1. The predicted octanol–water partition coefficient (Wildman–Crippen LogP) is 6.32. The normalized spacial score (nSPS) is 11.9. The van der Waals surface area contributed by atoms with E-state index in [0.29, 0.717) is 34.4 Å². The first-order chi connectivity index (χ1) is 21.4. The summed E-state index contributed by atoms with van der Waals surface area (Å²) in [6.07, 6.45) is 0.363. The Balaban J connectivity index is 1.45. The van der Waals surface area contributed by atoms with Gasteiger partial charge in [0, 0.05) is 41.5 Å². The Labute approximate surface area is 254 Å². The number of pyridine rings is 1. The van der Waals surface area contributed by atoms with Crippen LogP contribution in [0.1, 0.15) is 38.7 Å². The number of methoxy groups -OCH3 is 2. The van der Waals surface area contributed by atoms with Crippen LogP contribution < -0.4 is 15.0 Å². The molecule has 0 bridgehead atoms. The zero-order valence-electron chi connectivity index (χ0n) is 24.7. The molecule has 44 heavy (non-hydrogen) atoms. The molecule has 0 amide bonds. The highest BCUT2D eigenvalue weighted by Crippen LogP contribution is 2.41. The van der Waals surface area contributed by atoms with Crippen LogP contribution in [0.25, 0.3) is 21.8 Å². The number of carbonyl (C=O) groups excluding carboxylic acids is 1. The van der Waals surface area contributed by atoms with Gasteiger partial charge >= 0.3 is 5.97 Å². The van der Waals surface area contributed by atoms with Crippen LogP contribution in [-0.4, -0.2) is 41.5 Å². The molecule has 8 nitrogen and oxygen atoms in total. The van der Waals surface area contributed by atoms with Gasteiger partial charge in [-0.25, -0.2) is 4.79 Å². The number of nitrogens with one attached hydrogen (secondary N) is 1. The lowest BCUT2D eigenvalue weighted by atomic mass is 9.85. The van der Waals surface area contributed by atoms with Crippen LogP contribution in [0.3, 0.4) is 0 Å². The maximum atomic E-state index is 14.0. The number of hydrogen-bond donors (Lipinski definition) is 2. The number of para-hydroxylation sites is 2. The number of H-pyrrole nitrogens is 1. The van der Waals surface area contributed by atoms with Crippen molar-refractivity contribution in [2.75, 3.05) is 20.8 Å². The maximum Gasteiger partial charge on any atom is 0.341 e. The summed E-state index contributed by atoms with van der Waals surface area (Å²) < 4.78 is 18.0. The number of aryl methyl sites for hydroxylation is 1. The average molecular weight is 589 g/mol. The third kappa shape index (κ3) is 5.04. The van der Waals surface area contributed by atoms with Crippen LogP contribution in [0.4, 0.5) is 0 Å². The molecule has 2 heterocycles. The van der Waals surface area contributed by atoms with Gasteiger partial charge in [0.05, 0.1) is 37.8 Å². The molecule has 0 aliphatic heterocycles. The minimum absolute atomic E-state index is 0.0554. The molecule has 1 unspecified atom stereocenters. The van der Waals surface area contributed by atoms with E-state index in [1.807, 2.05) is 78.9 Å². The first-order valence-electron chi connectivity index (χ1n) is 14.3. The molecule has 0 radical (unpaired) electrons.